The van der Waals surface area contributed by atoms with Crippen molar-refractivity contribution in [1.29, 1.82) is 0 Å². The second-order valence-corrected chi connectivity index (χ2v) is 7.42. The van der Waals surface area contributed by atoms with Gasteiger partial charge in [-0.15, -0.1) is 0 Å². The normalized spacial score (nSPS) is 17.5. The molecule has 0 bridgehead atoms. The summed E-state index contributed by atoms with van der Waals surface area (Å²) >= 11 is 0. The van der Waals surface area contributed by atoms with Crippen molar-refractivity contribution in [1.82, 2.24) is 10.6 Å². The van der Waals surface area contributed by atoms with Gasteiger partial charge in [0.05, 0.1) is 24.1 Å². The second-order valence-electron chi connectivity index (χ2n) is 7.42. The first-order valence-electron chi connectivity index (χ1n) is 10.0. The van der Waals surface area contributed by atoms with Crippen molar-refractivity contribution in [3.8, 4) is 0 Å². The van der Waals surface area contributed by atoms with Crippen molar-refractivity contribution in [3.63, 3.8) is 0 Å². The minimum Gasteiger partial charge on any atom is -0.467 e. The summed E-state index contributed by atoms with van der Waals surface area (Å²) in [6.45, 7) is 6.40. The van der Waals surface area contributed by atoms with Crippen LogP contribution in [0.4, 0.5) is 9.18 Å². The summed E-state index contributed by atoms with van der Waals surface area (Å²) in [6.07, 6.45) is 1.49. The zero-order chi connectivity index (χ0) is 21.7. The third-order valence-corrected chi connectivity index (χ3v) is 5.03. The number of hydrogen-bond donors (Lipinski definition) is 3. The maximum atomic E-state index is 13.3. The number of urea groups is 1. The van der Waals surface area contributed by atoms with Crippen LogP contribution in [0.5, 0.6) is 0 Å². The van der Waals surface area contributed by atoms with Crippen LogP contribution in [0.25, 0.3) is 0 Å². The topological polar surface area (TPSA) is 97.2 Å². The maximum absolute atomic E-state index is 13.3. The quantitative estimate of drug-likeness (QED) is 0.576. The van der Waals surface area contributed by atoms with Crippen LogP contribution in [0.1, 0.15) is 44.2 Å². The number of hydrogen-bond acceptors (Lipinski definition) is 4. The van der Waals surface area contributed by atoms with Crippen molar-refractivity contribution in [2.75, 3.05) is 13.2 Å². The van der Waals surface area contributed by atoms with E-state index in [1.54, 1.807) is 31.2 Å². The molecule has 0 aliphatic carbocycles. The number of nitrogens with two attached hydrogens (primary N) is 1. The van der Waals surface area contributed by atoms with Crippen molar-refractivity contribution in [2.45, 2.75) is 32.9 Å². The second kappa shape index (κ2) is 9.58. The van der Waals surface area contributed by atoms with Gasteiger partial charge in [0.25, 0.3) is 0 Å². The minimum atomic E-state index is -0.737. The smallest absolute Gasteiger partial charge is 0.338 e. The molecule has 0 unspecified atom stereocenters. The van der Waals surface area contributed by atoms with Crippen LogP contribution in [0.15, 0.2) is 58.3 Å². The summed E-state index contributed by atoms with van der Waals surface area (Å²) in [5.74, 6) is -0.122. The van der Waals surface area contributed by atoms with E-state index in [2.05, 4.69) is 24.5 Å². The minimum absolute atomic E-state index is 0.00963. The number of rotatable bonds is 8. The SMILES string of the molecule is CCOC(=O)C1=C(C[NH2+][C@@H](c2ccc(F)cc2)C(C)C)NC(=O)N[C@H]1c1ccco1. The number of benzene rings is 1. The van der Waals surface area contributed by atoms with Gasteiger partial charge >= 0.3 is 12.0 Å². The zero-order valence-corrected chi connectivity index (χ0v) is 17.3. The molecular weight excluding hydrogens is 389 g/mol. The number of esters is 1. The highest BCUT2D eigenvalue weighted by Gasteiger charge is 2.36. The van der Waals surface area contributed by atoms with Gasteiger partial charge in [0.15, 0.2) is 0 Å². The first kappa shape index (κ1) is 21.6. The fourth-order valence-corrected chi connectivity index (χ4v) is 3.62. The Morgan fingerprint density at radius 3 is 2.60 bits per heavy atom. The van der Waals surface area contributed by atoms with Gasteiger partial charge < -0.3 is 25.1 Å². The number of carbonyl (C=O) groups is 2. The van der Waals surface area contributed by atoms with Crippen molar-refractivity contribution < 1.29 is 28.5 Å². The highest BCUT2D eigenvalue weighted by molar-refractivity contribution is 5.95. The van der Waals surface area contributed by atoms with Gasteiger partial charge in [-0.25, -0.2) is 14.0 Å². The Morgan fingerprint density at radius 2 is 2.00 bits per heavy atom. The highest BCUT2D eigenvalue weighted by Crippen LogP contribution is 2.28. The van der Waals surface area contributed by atoms with Gasteiger partial charge in [0, 0.05) is 11.5 Å². The number of ether oxygens (including phenoxy) is 1. The van der Waals surface area contributed by atoms with Gasteiger partial charge in [0.2, 0.25) is 0 Å². The molecule has 30 heavy (non-hydrogen) atoms. The number of nitrogens with one attached hydrogen (secondary N) is 2. The van der Waals surface area contributed by atoms with E-state index in [0.29, 0.717) is 23.6 Å². The molecule has 8 heteroatoms. The molecular formula is C22H27FN3O4+. The fourth-order valence-electron chi connectivity index (χ4n) is 3.62. The molecule has 1 aromatic heterocycles. The summed E-state index contributed by atoms with van der Waals surface area (Å²) in [6, 6.07) is 8.62. The first-order valence-corrected chi connectivity index (χ1v) is 10.0. The highest BCUT2D eigenvalue weighted by atomic mass is 19.1. The average Bonchev–Trinajstić information content (AvgIpc) is 3.23. The van der Waals surface area contributed by atoms with Crippen LogP contribution < -0.4 is 16.0 Å². The number of carbonyl (C=O) groups excluding carboxylic acids is 2. The van der Waals surface area contributed by atoms with Crippen LogP contribution >= 0.6 is 0 Å². The first-order chi connectivity index (χ1) is 14.4. The molecule has 0 saturated heterocycles. The molecule has 4 N–H and O–H groups in total. The molecule has 0 fully saturated rings. The van der Waals surface area contributed by atoms with E-state index in [0.717, 1.165) is 5.56 Å². The molecule has 2 aromatic rings. The lowest BCUT2D eigenvalue weighted by atomic mass is 9.95. The number of amides is 2. The predicted octanol–water partition coefficient (Wildman–Crippen LogP) is 2.55. The molecule has 160 valence electrons. The lowest BCUT2D eigenvalue weighted by Crippen LogP contribution is -2.87. The van der Waals surface area contributed by atoms with E-state index >= 15 is 0 Å². The third kappa shape index (κ3) is 4.88. The van der Waals surface area contributed by atoms with Gasteiger partial charge in [0.1, 0.15) is 30.2 Å². The predicted molar refractivity (Wildman–Crippen MR) is 108 cm³/mol. The monoisotopic (exact) mass is 416 g/mol. The molecule has 2 heterocycles. The molecule has 1 aliphatic rings. The Balaban J connectivity index is 1.92. The summed E-state index contributed by atoms with van der Waals surface area (Å²) in [5.41, 5.74) is 1.74. The summed E-state index contributed by atoms with van der Waals surface area (Å²) in [5, 5.41) is 7.50. The third-order valence-electron chi connectivity index (χ3n) is 5.03. The van der Waals surface area contributed by atoms with Gasteiger partial charge in [-0.3, -0.25) is 0 Å². The fraction of sp³-hybridized carbons (Fsp3) is 0.364. The molecule has 0 spiro atoms. The lowest BCUT2D eigenvalue weighted by molar-refractivity contribution is -0.696. The lowest BCUT2D eigenvalue weighted by Gasteiger charge is -2.28. The van der Waals surface area contributed by atoms with Crippen LogP contribution in [-0.2, 0) is 9.53 Å². The van der Waals surface area contributed by atoms with Gasteiger partial charge in [-0.05, 0) is 31.2 Å². The van der Waals surface area contributed by atoms with E-state index in [1.807, 2.05) is 5.32 Å². The van der Waals surface area contributed by atoms with Crippen molar-refractivity contribution in [3.05, 3.63) is 71.1 Å². The maximum Gasteiger partial charge on any atom is 0.338 e. The van der Waals surface area contributed by atoms with Gasteiger partial charge in [-0.1, -0.05) is 26.0 Å². The Morgan fingerprint density at radius 1 is 1.27 bits per heavy atom. The molecule has 0 radical (unpaired) electrons. The van der Waals surface area contributed by atoms with E-state index in [9.17, 15) is 14.0 Å². The number of furan rings is 1. The van der Waals surface area contributed by atoms with E-state index in [-0.39, 0.29) is 24.4 Å². The molecule has 2 atom stereocenters. The molecule has 1 aliphatic heterocycles. The van der Waals surface area contributed by atoms with Gasteiger partial charge in [-0.2, -0.15) is 0 Å². The van der Waals surface area contributed by atoms with E-state index in [1.165, 1.54) is 18.4 Å². The van der Waals surface area contributed by atoms with Crippen LogP contribution in [0, 0.1) is 11.7 Å². The Labute approximate surface area is 174 Å². The largest absolute Gasteiger partial charge is 0.467 e. The van der Waals surface area contributed by atoms with Crippen LogP contribution in [0.3, 0.4) is 0 Å². The average molecular weight is 416 g/mol. The molecule has 2 amide bonds. The zero-order valence-electron chi connectivity index (χ0n) is 17.3. The summed E-state index contributed by atoms with van der Waals surface area (Å²) in [7, 11) is 0. The number of halogens is 1. The van der Waals surface area contributed by atoms with E-state index in [4.69, 9.17) is 9.15 Å². The van der Waals surface area contributed by atoms with Crippen LogP contribution in [0.2, 0.25) is 0 Å². The Bertz CT molecular complexity index is 907. The molecule has 3 rings (SSSR count). The molecule has 0 saturated carbocycles. The van der Waals surface area contributed by atoms with Crippen molar-refractivity contribution in [2.24, 2.45) is 5.92 Å². The standard InChI is InChI=1S/C22H26FN3O4/c1-4-29-21(27)18-16(25-22(28)26-20(18)17-6-5-11-30-17)12-24-19(13(2)3)14-7-9-15(23)10-8-14/h5-11,13,19-20,24H,4,12H2,1-3H3,(H2,25,26,28)/p+1/t19-,20+/m1/s1. The number of quaternary nitrogens is 1. The molecule has 1 aromatic carbocycles. The Kier molecular flexibility index (Phi) is 6.89. The van der Waals surface area contributed by atoms with Crippen LogP contribution in [-0.4, -0.2) is 25.2 Å². The van der Waals surface area contributed by atoms with E-state index < -0.39 is 18.0 Å². The van der Waals surface area contributed by atoms with Crippen molar-refractivity contribution >= 4 is 12.0 Å². The Hall–Kier alpha value is -3.13. The summed E-state index contributed by atoms with van der Waals surface area (Å²) < 4.78 is 24.0. The summed E-state index contributed by atoms with van der Waals surface area (Å²) in [4.78, 5) is 25.0. The molecule has 7 nitrogen and oxygen atoms in total.